The number of hydrogen-bond acceptors (Lipinski definition) is 6. The van der Waals surface area contributed by atoms with E-state index in [1.165, 1.54) is 19.3 Å². The van der Waals surface area contributed by atoms with E-state index in [1.54, 1.807) is 24.4 Å². The molecule has 0 spiro atoms. The van der Waals surface area contributed by atoms with Gasteiger partial charge in [-0.1, -0.05) is 12.8 Å². The lowest BCUT2D eigenvalue weighted by Crippen LogP contribution is -2.60. The lowest BCUT2D eigenvalue weighted by atomic mass is 9.80. The maximum atomic E-state index is 13.0. The van der Waals surface area contributed by atoms with Gasteiger partial charge in [0.1, 0.15) is 11.8 Å². The molecule has 9 heteroatoms. The van der Waals surface area contributed by atoms with Gasteiger partial charge in [0.25, 0.3) is 0 Å². The summed E-state index contributed by atoms with van der Waals surface area (Å²) in [5.74, 6) is 1.38. The predicted octanol–water partition coefficient (Wildman–Crippen LogP) is 4.23. The summed E-state index contributed by atoms with van der Waals surface area (Å²) in [5, 5.41) is 13.2. The molecular formula is C25H29F3N6. The van der Waals surface area contributed by atoms with Gasteiger partial charge in [0, 0.05) is 56.1 Å². The van der Waals surface area contributed by atoms with Crippen LogP contribution >= 0.6 is 0 Å². The number of fused-ring (bicyclic) bond motifs is 2. The van der Waals surface area contributed by atoms with Crippen LogP contribution in [0.1, 0.15) is 43.4 Å². The summed E-state index contributed by atoms with van der Waals surface area (Å²) in [6.45, 7) is 3.19. The number of nitrogens with one attached hydrogen (secondary N) is 1. The first-order valence-electron chi connectivity index (χ1n) is 12.1. The third-order valence-electron chi connectivity index (χ3n) is 7.65. The Morgan fingerprint density at radius 1 is 1.00 bits per heavy atom. The zero-order valence-electron chi connectivity index (χ0n) is 19.0. The Hall–Kier alpha value is -2.86. The fourth-order valence-electron chi connectivity index (χ4n) is 5.89. The van der Waals surface area contributed by atoms with Crippen molar-refractivity contribution in [3.8, 4) is 6.07 Å². The molecule has 0 bridgehead atoms. The second-order valence-electron chi connectivity index (χ2n) is 9.67. The first kappa shape index (κ1) is 22.9. The van der Waals surface area contributed by atoms with E-state index >= 15 is 0 Å². The van der Waals surface area contributed by atoms with Crippen molar-refractivity contribution in [2.24, 2.45) is 11.8 Å². The molecule has 1 aliphatic carbocycles. The van der Waals surface area contributed by atoms with E-state index in [2.05, 4.69) is 31.2 Å². The molecule has 1 N–H and O–H groups in total. The fraction of sp³-hybridized carbons (Fsp3) is 0.560. The molecule has 3 heterocycles. The third kappa shape index (κ3) is 4.69. The average molecular weight is 471 g/mol. The summed E-state index contributed by atoms with van der Waals surface area (Å²) in [5.41, 5.74) is 0.560. The van der Waals surface area contributed by atoms with Gasteiger partial charge in [-0.2, -0.15) is 18.4 Å². The number of piperidine rings is 1. The normalized spacial score (nSPS) is 27.7. The number of benzene rings is 1. The summed E-state index contributed by atoms with van der Waals surface area (Å²) in [6, 6.07) is 9.89. The van der Waals surface area contributed by atoms with Gasteiger partial charge in [0.2, 0.25) is 5.95 Å². The van der Waals surface area contributed by atoms with Gasteiger partial charge in [0.15, 0.2) is 0 Å². The molecule has 4 unspecified atom stereocenters. The highest BCUT2D eigenvalue weighted by Gasteiger charge is 2.40. The van der Waals surface area contributed by atoms with E-state index in [4.69, 9.17) is 0 Å². The van der Waals surface area contributed by atoms with Gasteiger partial charge in [0.05, 0.1) is 5.56 Å². The van der Waals surface area contributed by atoms with Gasteiger partial charge in [-0.3, -0.25) is 0 Å². The SMILES string of the molecule is N#Cc1ccnc(N2CC3CCCCC3NCC3CN(c4ccc(C(F)(F)F)cc4)CCC32)n1. The standard InChI is InChI=1S/C25H29F3N6/c26-25(27,28)19-5-7-21(8-6-19)33-12-10-23-18(15-33)14-31-22-4-2-1-3-17(22)16-34(23)24-30-11-9-20(13-29)32-24/h5-9,11,17-18,22-23,31H,1-4,10,12,14-16H2. The number of nitrogens with zero attached hydrogens (tertiary/aromatic N) is 5. The zero-order valence-corrected chi connectivity index (χ0v) is 19.0. The zero-order chi connectivity index (χ0) is 23.7. The second-order valence-corrected chi connectivity index (χ2v) is 9.67. The highest BCUT2D eigenvalue weighted by molar-refractivity contribution is 5.49. The minimum atomic E-state index is -4.33. The fourth-order valence-corrected chi connectivity index (χ4v) is 5.89. The Morgan fingerprint density at radius 3 is 2.56 bits per heavy atom. The van der Waals surface area contributed by atoms with Crippen LogP contribution in [0.5, 0.6) is 0 Å². The maximum Gasteiger partial charge on any atom is 0.416 e. The minimum Gasteiger partial charge on any atom is -0.371 e. The molecule has 180 valence electrons. The summed E-state index contributed by atoms with van der Waals surface area (Å²) in [7, 11) is 0. The number of aromatic nitrogens is 2. The van der Waals surface area contributed by atoms with Crippen LogP contribution in [0.15, 0.2) is 36.5 Å². The molecule has 0 amide bonds. The molecule has 1 aromatic heterocycles. The Balaban J connectivity index is 1.41. The van der Waals surface area contributed by atoms with Gasteiger partial charge in [-0.25, -0.2) is 9.97 Å². The van der Waals surface area contributed by atoms with Crippen molar-refractivity contribution in [2.45, 2.75) is 50.4 Å². The summed E-state index contributed by atoms with van der Waals surface area (Å²) in [6.07, 6.45) is 2.95. The molecule has 1 saturated carbocycles. The summed E-state index contributed by atoms with van der Waals surface area (Å²) < 4.78 is 39.0. The number of hydrogen-bond donors (Lipinski definition) is 1. The molecule has 2 saturated heterocycles. The molecule has 3 aliphatic rings. The number of rotatable bonds is 2. The molecule has 6 nitrogen and oxygen atoms in total. The van der Waals surface area contributed by atoms with Crippen LogP contribution in [0.4, 0.5) is 24.8 Å². The highest BCUT2D eigenvalue weighted by atomic mass is 19.4. The van der Waals surface area contributed by atoms with Crippen molar-refractivity contribution in [3.63, 3.8) is 0 Å². The topological polar surface area (TPSA) is 68.1 Å². The first-order chi connectivity index (χ1) is 16.4. The van der Waals surface area contributed by atoms with Crippen molar-refractivity contribution in [3.05, 3.63) is 47.8 Å². The number of nitriles is 1. The molecule has 2 aliphatic heterocycles. The Kier molecular flexibility index (Phi) is 6.34. The molecule has 0 radical (unpaired) electrons. The van der Waals surface area contributed by atoms with E-state index in [9.17, 15) is 18.4 Å². The molecule has 3 fully saturated rings. The van der Waals surface area contributed by atoms with Gasteiger partial charge in [-0.05, 0) is 55.5 Å². The van der Waals surface area contributed by atoms with Crippen LogP contribution in [-0.4, -0.2) is 48.2 Å². The average Bonchev–Trinajstić information content (AvgIpc) is 2.85. The lowest BCUT2D eigenvalue weighted by molar-refractivity contribution is -0.137. The molecule has 1 aromatic carbocycles. The summed E-state index contributed by atoms with van der Waals surface area (Å²) >= 11 is 0. The van der Waals surface area contributed by atoms with Crippen LogP contribution in [-0.2, 0) is 6.18 Å². The van der Waals surface area contributed by atoms with Gasteiger partial charge in [-0.15, -0.1) is 0 Å². The maximum absolute atomic E-state index is 13.0. The first-order valence-corrected chi connectivity index (χ1v) is 12.1. The van der Waals surface area contributed by atoms with E-state index in [0.717, 1.165) is 56.8 Å². The van der Waals surface area contributed by atoms with Crippen LogP contribution in [0.25, 0.3) is 0 Å². The van der Waals surface area contributed by atoms with Crippen molar-refractivity contribution in [2.75, 3.05) is 36.0 Å². The Bertz CT molecular complexity index is 1030. The van der Waals surface area contributed by atoms with Crippen molar-refractivity contribution in [1.82, 2.24) is 15.3 Å². The molecule has 2 aromatic rings. The number of alkyl halides is 3. The molecule has 34 heavy (non-hydrogen) atoms. The minimum absolute atomic E-state index is 0.204. The Labute approximate surface area is 197 Å². The van der Waals surface area contributed by atoms with Crippen LogP contribution in [0.2, 0.25) is 0 Å². The lowest BCUT2D eigenvalue weighted by Gasteiger charge is -2.49. The van der Waals surface area contributed by atoms with Gasteiger partial charge < -0.3 is 15.1 Å². The largest absolute Gasteiger partial charge is 0.416 e. The monoisotopic (exact) mass is 470 g/mol. The molecule has 5 rings (SSSR count). The van der Waals surface area contributed by atoms with E-state index in [1.807, 2.05) is 0 Å². The van der Waals surface area contributed by atoms with Crippen molar-refractivity contribution in [1.29, 1.82) is 5.26 Å². The van der Waals surface area contributed by atoms with Crippen molar-refractivity contribution >= 4 is 11.6 Å². The highest BCUT2D eigenvalue weighted by Crippen LogP contribution is 2.35. The smallest absolute Gasteiger partial charge is 0.371 e. The van der Waals surface area contributed by atoms with Crippen molar-refractivity contribution < 1.29 is 13.2 Å². The van der Waals surface area contributed by atoms with Crippen LogP contribution < -0.4 is 15.1 Å². The second kappa shape index (κ2) is 9.41. The van der Waals surface area contributed by atoms with Crippen LogP contribution in [0.3, 0.4) is 0 Å². The van der Waals surface area contributed by atoms with E-state index in [-0.39, 0.29) is 12.0 Å². The quantitative estimate of drug-likeness (QED) is 0.709. The molecule has 4 atom stereocenters. The number of halogens is 3. The summed E-state index contributed by atoms with van der Waals surface area (Å²) in [4.78, 5) is 13.6. The number of anilines is 2. The van der Waals surface area contributed by atoms with Gasteiger partial charge >= 0.3 is 6.18 Å². The molecular weight excluding hydrogens is 441 g/mol. The van der Waals surface area contributed by atoms with Crippen LogP contribution in [0, 0.1) is 23.2 Å². The predicted molar refractivity (Wildman–Crippen MR) is 123 cm³/mol. The third-order valence-corrected chi connectivity index (χ3v) is 7.65. The van der Waals surface area contributed by atoms with E-state index < -0.39 is 11.7 Å². The van der Waals surface area contributed by atoms with E-state index in [0.29, 0.717) is 23.6 Å². The Morgan fingerprint density at radius 2 is 1.79 bits per heavy atom.